The fourth-order valence-electron chi connectivity index (χ4n) is 3.85. The van der Waals surface area contributed by atoms with Gasteiger partial charge in [0.25, 0.3) is 0 Å². The molecule has 0 saturated heterocycles. The predicted molar refractivity (Wildman–Crippen MR) is 91.4 cm³/mol. The smallest absolute Gasteiger partial charge is 0.309 e. The van der Waals surface area contributed by atoms with Crippen molar-refractivity contribution >= 4 is 11.9 Å². The zero-order valence-corrected chi connectivity index (χ0v) is 15.5. The SMILES string of the molecule is CCn1cc([C@@H](C)NC(=O)[C@H]2CC[C@@](C)(C(=O)O)C2(C)C)c(C)n1. The number of amides is 1. The molecular weight excluding hydrogens is 306 g/mol. The van der Waals surface area contributed by atoms with Gasteiger partial charge >= 0.3 is 5.97 Å². The van der Waals surface area contributed by atoms with Crippen LogP contribution in [0, 0.1) is 23.7 Å². The Morgan fingerprint density at radius 3 is 2.54 bits per heavy atom. The zero-order chi connectivity index (χ0) is 18.3. The van der Waals surface area contributed by atoms with E-state index in [9.17, 15) is 14.7 Å². The van der Waals surface area contributed by atoms with Crippen LogP contribution >= 0.6 is 0 Å². The van der Waals surface area contributed by atoms with E-state index in [4.69, 9.17) is 0 Å². The molecule has 0 bridgehead atoms. The summed E-state index contributed by atoms with van der Waals surface area (Å²) < 4.78 is 1.86. The average Bonchev–Trinajstić information content (AvgIpc) is 2.98. The van der Waals surface area contributed by atoms with Crippen molar-refractivity contribution in [1.29, 1.82) is 0 Å². The van der Waals surface area contributed by atoms with Gasteiger partial charge in [-0.05, 0) is 46.0 Å². The molecule has 6 heteroatoms. The van der Waals surface area contributed by atoms with Gasteiger partial charge in [0.1, 0.15) is 0 Å². The quantitative estimate of drug-likeness (QED) is 0.866. The van der Waals surface area contributed by atoms with Gasteiger partial charge in [0, 0.05) is 24.2 Å². The number of rotatable bonds is 5. The Morgan fingerprint density at radius 2 is 2.08 bits per heavy atom. The molecule has 1 aromatic rings. The van der Waals surface area contributed by atoms with Crippen LogP contribution in [0.4, 0.5) is 0 Å². The molecule has 1 fully saturated rings. The number of aromatic nitrogens is 2. The van der Waals surface area contributed by atoms with Crippen LogP contribution in [0.5, 0.6) is 0 Å². The highest BCUT2D eigenvalue weighted by Gasteiger charge is 2.58. The number of carboxylic acid groups (broad SMARTS) is 1. The first kappa shape index (κ1) is 18.5. The average molecular weight is 335 g/mol. The van der Waals surface area contributed by atoms with Gasteiger partial charge in [-0.15, -0.1) is 0 Å². The highest BCUT2D eigenvalue weighted by molar-refractivity contribution is 5.84. The van der Waals surface area contributed by atoms with Gasteiger partial charge in [0.15, 0.2) is 0 Å². The standard InChI is InChI=1S/C18H29N3O3/c1-7-21-10-13(12(3)20-21)11(2)19-15(22)14-8-9-18(6,16(23)24)17(14,4)5/h10-11,14H,7-9H2,1-6H3,(H,19,22)(H,23,24)/t11-,14-,18+/m1/s1. The van der Waals surface area contributed by atoms with Crippen LogP contribution in [0.1, 0.15) is 64.8 Å². The normalized spacial score (nSPS) is 27.0. The molecular formula is C18H29N3O3. The molecule has 0 aliphatic heterocycles. The summed E-state index contributed by atoms with van der Waals surface area (Å²) in [6, 6.07) is -0.148. The van der Waals surface area contributed by atoms with Crippen molar-refractivity contribution in [3.63, 3.8) is 0 Å². The van der Waals surface area contributed by atoms with Crippen molar-refractivity contribution < 1.29 is 14.7 Å². The van der Waals surface area contributed by atoms with Gasteiger partial charge in [-0.3, -0.25) is 14.3 Å². The highest BCUT2D eigenvalue weighted by Crippen LogP contribution is 2.56. The minimum atomic E-state index is -0.874. The Balaban J connectivity index is 2.15. The number of aryl methyl sites for hydroxylation is 2. The van der Waals surface area contributed by atoms with E-state index in [0.717, 1.165) is 17.8 Å². The number of nitrogens with zero attached hydrogens (tertiary/aromatic N) is 2. The maximum atomic E-state index is 12.8. The minimum absolute atomic E-state index is 0.0684. The van der Waals surface area contributed by atoms with Crippen molar-refractivity contribution in [3.05, 3.63) is 17.5 Å². The molecule has 1 heterocycles. The fourth-order valence-corrected chi connectivity index (χ4v) is 3.85. The van der Waals surface area contributed by atoms with E-state index >= 15 is 0 Å². The van der Waals surface area contributed by atoms with E-state index in [2.05, 4.69) is 10.4 Å². The summed E-state index contributed by atoms with van der Waals surface area (Å²) in [5.74, 6) is -1.19. The lowest BCUT2D eigenvalue weighted by Gasteiger charge is -2.38. The summed E-state index contributed by atoms with van der Waals surface area (Å²) in [7, 11) is 0. The first-order chi connectivity index (χ1) is 11.0. The van der Waals surface area contributed by atoms with E-state index in [1.165, 1.54) is 0 Å². The molecule has 3 atom stereocenters. The predicted octanol–water partition coefficient (Wildman–Crippen LogP) is 2.92. The van der Waals surface area contributed by atoms with Gasteiger partial charge in [-0.1, -0.05) is 13.8 Å². The summed E-state index contributed by atoms with van der Waals surface area (Å²) in [4.78, 5) is 24.5. The summed E-state index contributed by atoms with van der Waals surface area (Å²) >= 11 is 0. The highest BCUT2D eigenvalue weighted by atomic mass is 16.4. The summed E-state index contributed by atoms with van der Waals surface area (Å²) in [5, 5.41) is 17.1. The van der Waals surface area contributed by atoms with Crippen LogP contribution in [-0.4, -0.2) is 26.8 Å². The van der Waals surface area contributed by atoms with Gasteiger partial charge in [-0.25, -0.2) is 0 Å². The first-order valence-electron chi connectivity index (χ1n) is 8.62. The van der Waals surface area contributed by atoms with E-state index in [1.807, 2.05) is 45.5 Å². The summed E-state index contributed by atoms with van der Waals surface area (Å²) in [6.07, 6.45) is 3.08. The molecule has 0 unspecified atom stereocenters. The molecule has 1 saturated carbocycles. The number of hydrogen-bond donors (Lipinski definition) is 2. The zero-order valence-electron chi connectivity index (χ0n) is 15.5. The molecule has 1 aliphatic rings. The van der Waals surface area contributed by atoms with Gasteiger partial charge in [0.2, 0.25) is 5.91 Å². The lowest BCUT2D eigenvalue weighted by Crippen LogP contribution is -2.45. The van der Waals surface area contributed by atoms with Crippen LogP contribution in [0.3, 0.4) is 0 Å². The summed E-state index contributed by atoms with van der Waals surface area (Å²) in [6.45, 7) is 12.2. The third-order valence-electron chi connectivity index (χ3n) is 6.15. The Labute approximate surface area is 143 Å². The second kappa shape index (κ2) is 6.22. The topological polar surface area (TPSA) is 84.2 Å². The number of hydrogen-bond acceptors (Lipinski definition) is 3. The molecule has 1 aliphatic carbocycles. The summed E-state index contributed by atoms with van der Waals surface area (Å²) in [5.41, 5.74) is 0.444. The molecule has 2 rings (SSSR count). The maximum absolute atomic E-state index is 12.8. The van der Waals surface area contributed by atoms with Gasteiger partial charge in [0.05, 0.1) is 17.2 Å². The Morgan fingerprint density at radius 1 is 1.46 bits per heavy atom. The second-order valence-corrected chi connectivity index (χ2v) is 7.71. The third-order valence-corrected chi connectivity index (χ3v) is 6.15. The van der Waals surface area contributed by atoms with Crippen molar-refractivity contribution in [2.24, 2.45) is 16.7 Å². The number of carboxylic acids is 1. The van der Waals surface area contributed by atoms with E-state index < -0.39 is 16.8 Å². The molecule has 0 spiro atoms. The van der Waals surface area contributed by atoms with Crippen LogP contribution in [0.15, 0.2) is 6.20 Å². The molecule has 0 radical (unpaired) electrons. The number of carbonyl (C=O) groups excluding carboxylic acids is 1. The van der Waals surface area contributed by atoms with E-state index in [-0.39, 0.29) is 17.9 Å². The van der Waals surface area contributed by atoms with Crippen LogP contribution in [-0.2, 0) is 16.1 Å². The Hall–Kier alpha value is -1.85. The van der Waals surface area contributed by atoms with Crippen molar-refractivity contribution in [2.45, 2.75) is 67.0 Å². The molecule has 1 aromatic heterocycles. The number of carbonyl (C=O) groups is 2. The van der Waals surface area contributed by atoms with Crippen LogP contribution in [0.25, 0.3) is 0 Å². The van der Waals surface area contributed by atoms with E-state index in [1.54, 1.807) is 6.92 Å². The van der Waals surface area contributed by atoms with Gasteiger partial charge < -0.3 is 10.4 Å². The third kappa shape index (κ3) is 2.82. The van der Waals surface area contributed by atoms with Gasteiger partial charge in [-0.2, -0.15) is 5.10 Å². The molecule has 134 valence electrons. The first-order valence-corrected chi connectivity index (χ1v) is 8.62. The monoisotopic (exact) mass is 335 g/mol. The van der Waals surface area contributed by atoms with Crippen molar-refractivity contribution in [2.75, 3.05) is 0 Å². The lowest BCUT2D eigenvalue weighted by molar-refractivity contribution is -0.155. The van der Waals surface area contributed by atoms with Crippen LogP contribution in [0.2, 0.25) is 0 Å². The molecule has 6 nitrogen and oxygen atoms in total. The largest absolute Gasteiger partial charge is 0.481 e. The second-order valence-electron chi connectivity index (χ2n) is 7.71. The molecule has 1 amide bonds. The molecule has 24 heavy (non-hydrogen) atoms. The Bertz CT molecular complexity index is 650. The van der Waals surface area contributed by atoms with E-state index in [0.29, 0.717) is 12.8 Å². The lowest BCUT2D eigenvalue weighted by atomic mass is 9.65. The van der Waals surface area contributed by atoms with Crippen molar-refractivity contribution in [1.82, 2.24) is 15.1 Å². The minimum Gasteiger partial charge on any atom is -0.481 e. The maximum Gasteiger partial charge on any atom is 0.309 e. The Kier molecular flexibility index (Phi) is 4.79. The molecule has 0 aromatic carbocycles. The van der Waals surface area contributed by atoms with Crippen molar-refractivity contribution in [3.8, 4) is 0 Å². The fraction of sp³-hybridized carbons (Fsp3) is 0.722. The van der Waals surface area contributed by atoms with Crippen LogP contribution < -0.4 is 5.32 Å². The number of nitrogens with one attached hydrogen (secondary N) is 1. The number of aliphatic carboxylic acids is 1. The molecule has 2 N–H and O–H groups in total.